The summed E-state index contributed by atoms with van der Waals surface area (Å²) in [5.74, 6) is 1.91. The number of rotatable bonds is 4. The van der Waals surface area contributed by atoms with Crippen LogP contribution in [-0.4, -0.2) is 30.0 Å². The zero-order chi connectivity index (χ0) is 20.8. The fourth-order valence-corrected chi connectivity index (χ4v) is 6.49. The minimum Gasteiger partial charge on any atom is -0.491 e. The number of nitrogens with zero attached hydrogens (tertiary/aromatic N) is 1. The first kappa shape index (κ1) is 21.0. The van der Waals surface area contributed by atoms with Crippen molar-refractivity contribution in [2.75, 3.05) is 13.2 Å². The Morgan fingerprint density at radius 3 is 2.55 bits per heavy atom. The average Bonchev–Trinajstić information content (AvgIpc) is 3.06. The summed E-state index contributed by atoms with van der Waals surface area (Å²) >= 11 is 6.40. The van der Waals surface area contributed by atoms with Crippen LogP contribution in [0.5, 0.6) is 5.75 Å². The lowest BCUT2D eigenvalue weighted by Crippen LogP contribution is -2.39. The molecule has 4 rings (SSSR count). The highest BCUT2D eigenvalue weighted by molar-refractivity contribution is 6.32. The van der Waals surface area contributed by atoms with Gasteiger partial charge in [-0.15, -0.1) is 0 Å². The van der Waals surface area contributed by atoms with E-state index in [2.05, 4.69) is 13.8 Å². The van der Waals surface area contributed by atoms with Crippen LogP contribution < -0.4 is 4.74 Å². The molecule has 29 heavy (non-hydrogen) atoms. The molecule has 0 aromatic heterocycles. The molecule has 3 atom stereocenters. The molecule has 3 fully saturated rings. The van der Waals surface area contributed by atoms with E-state index in [9.17, 15) is 9.18 Å². The highest BCUT2D eigenvalue weighted by Gasteiger charge is 2.41. The van der Waals surface area contributed by atoms with E-state index in [1.807, 2.05) is 6.92 Å². The van der Waals surface area contributed by atoms with Gasteiger partial charge < -0.3 is 9.64 Å². The molecule has 5 heteroatoms. The second kappa shape index (κ2) is 8.09. The maximum Gasteiger partial charge on any atom is 0.257 e. The number of benzene rings is 1. The van der Waals surface area contributed by atoms with E-state index in [1.165, 1.54) is 31.4 Å². The number of hydrogen-bond donors (Lipinski definition) is 0. The Balaban J connectivity index is 1.44. The van der Waals surface area contributed by atoms with Crippen molar-refractivity contribution in [2.45, 2.75) is 71.8 Å². The second-order valence-electron chi connectivity index (χ2n) is 10.3. The Kier molecular flexibility index (Phi) is 5.85. The van der Waals surface area contributed by atoms with Crippen LogP contribution in [0.1, 0.15) is 76.1 Å². The Hall–Kier alpha value is -1.29. The molecule has 3 unspecified atom stereocenters. The molecule has 1 heterocycles. The highest BCUT2D eigenvalue weighted by atomic mass is 35.5. The lowest BCUT2D eigenvalue weighted by atomic mass is 9.60. The first-order valence-corrected chi connectivity index (χ1v) is 11.5. The third-order valence-corrected chi connectivity index (χ3v) is 7.64. The summed E-state index contributed by atoms with van der Waals surface area (Å²) in [5.41, 5.74) is 0.149. The molecule has 2 bridgehead atoms. The molecule has 1 amide bonds. The third kappa shape index (κ3) is 4.42. The van der Waals surface area contributed by atoms with Gasteiger partial charge in [0.05, 0.1) is 17.2 Å². The lowest BCUT2D eigenvalue weighted by molar-refractivity contribution is 0.0146. The van der Waals surface area contributed by atoms with Gasteiger partial charge in [0.15, 0.2) is 0 Å². The predicted octanol–water partition coefficient (Wildman–Crippen LogP) is 6.33. The number of ether oxygens (including phenoxy) is 1. The van der Waals surface area contributed by atoms with Gasteiger partial charge >= 0.3 is 0 Å². The quantitative estimate of drug-likeness (QED) is 0.568. The first-order chi connectivity index (χ1) is 13.7. The SMILES string of the molecule is CC1CC2CC(C1)CC(C)(COc1cc(F)c(C(=O)N3CCCC3C)cc1Cl)C2. The molecule has 2 aliphatic carbocycles. The summed E-state index contributed by atoms with van der Waals surface area (Å²) in [4.78, 5) is 14.5. The average molecular weight is 422 g/mol. The number of carbonyl (C=O) groups excluding carboxylic acids is 1. The zero-order valence-electron chi connectivity index (χ0n) is 17.8. The molecule has 0 N–H and O–H groups in total. The van der Waals surface area contributed by atoms with Crippen molar-refractivity contribution in [3.8, 4) is 5.75 Å². The van der Waals surface area contributed by atoms with Crippen molar-refractivity contribution in [1.29, 1.82) is 0 Å². The normalized spacial score (nSPS) is 34.3. The Morgan fingerprint density at radius 2 is 1.93 bits per heavy atom. The fourth-order valence-electron chi connectivity index (χ4n) is 6.27. The Morgan fingerprint density at radius 1 is 1.24 bits per heavy atom. The smallest absolute Gasteiger partial charge is 0.257 e. The van der Waals surface area contributed by atoms with Gasteiger partial charge in [-0.1, -0.05) is 25.4 Å². The van der Waals surface area contributed by atoms with Gasteiger partial charge in [0, 0.05) is 24.1 Å². The van der Waals surface area contributed by atoms with E-state index in [1.54, 1.807) is 4.90 Å². The molecule has 1 aromatic carbocycles. The first-order valence-electron chi connectivity index (χ1n) is 11.2. The molecule has 160 valence electrons. The summed E-state index contributed by atoms with van der Waals surface area (Å²) in [6.45, 7) is 7.88. The molecule has 1 aromatic rings. The maximum absolute atomic E-state index is 14.8. The fraction of sp³-hybridized carbons (Fsp3) is 0.708. The number of fused-ring (bicyclic) bond motifs is 2. The van der Waals surface area contributed by atoms with E-state index in [4.69, 9.17) is 16.3 Å². The lowest BCUT2D eigenvalue weighted by Gasteiger charge is -2.47. The zero-order valence-corrected chi connectivity index (χ0v) is 18.6. The molecular formula is C24H33ClFNO2. The topological polar surface area (TPSA) is 29.5 Å². The van der Waals surface area contributed by atoms with Crippen LogP contribution in [0.3, 0.4) is 0 Å². The van der Waals surface area contributed by atoms with Crippen molar-refractivity contribution in [3.63, 3.8) is 0 Å². The van der Waals surface area contributed by atoms with Gasteiger partial charge in [-0.3, -0.25) is 4.79 Å². The van der Waals surface area contributed by atoms with Crippen LogP contribution in [-0.2, 0) is 0 Å². The summed E-state index contributed by atoms with van der Waals surface area (Å²) in [6.07, 6.45) is 8.22. The monoisotopic (exact) mass is 421 g/mol. The third-order valence-electron chi connectivity index (χ3n) is 7.34. The largest absolute Gasteiger partial charge is 0.491 e. The van der Waals surface area contributed by atoms with Gasteiger partial charge in [0.25, 0.3) is 5.91 Å². The van der Waals surface area contributed by atoms with Gasteiger partial charge in [-0.25, -0.2) is 4.39 Å². The Bertz CT molecular complexity index is 764. The van der Waals surface area contributed by atoms with Crippen molar-refractivity contribution in [2.24, 2.45) is 23.2 Å². The van der Waals surface area contributed by atoms with Crippen LogP contribution >= 0.6 is 11.6 Å². The van der Waals surface area contributed by atoms with Crippen molar-refractivity contribution in [3.05, 3.63) is 28.5 Å². The van der Waals surface area contributed by atoms with E-state index in [-0.39, 0.29) is 22.9 Å². The number of likely N-dealkylation sites (tertiary alicyclic amines) is 1. The van der Waals surface area contributed by atoms with Crippen molar-refractivity contribution >= 4 is 17.5 Å². The second-order valence-corrected chi connectivity index (χ2v) is 10.7. The molecule has 3 nitrogen and oxygen atoms in total. The van der Waals surface area contributed by atoms with Crippen molar-refractivity contribution < 1.29 is 13.9 Å². The molecule has 2 saturated carbocycles. The van der Waals surface area contributed by atoms with Crippen LogP contribution in [0, 0.1) is 29.0 Å². The predicted molar refractivity (Wildman–Crippen MR) is 114 cm³/mol. The summed E-state index contributed by atoms with van der Waals surface area (Å²) < 4.78 is 20.8. The van der Waals surface area contributed by atoms with E-state index in [0.29, 0.717) is 23.9 Å². The maximum atomic E-state index is 14.8. The Labute approximate surface area is 178 Å². The standard InChI is InChI=1S/C24H33ClFNO2/c1-15-7-17-9-18(8-15)13-24(3,12-17)14-29-22-11-21(26)19(10-20(22)25)23(28)27-6-4-5-16(27)2/h10-11,15-18H,4-9,12-14H2,1-3H3. The van der Waals surface area contributed by atoms with Gasteiger partial charge in [0.1, 0.15) is 11.6 Å². The van der Waals surface area contributed by atoms with Gasteiger partial charge in [-0.05, 0) is 75.7 Å². The minimum atomic E-state index is -0.548. The minimum absolute atomic E-state index is 0.0449. The number of hydrogen-bond acceptors (Lipinski definition) is 2. The molecule has 1 saturated heterocycles. The van der Waals surface area contributed by atoms with Crippen LogP contribution in [0.4, 0.5) is 4.39 Å². The summed E-state index contributed by atoms with van der Waals surface area (Å²) in [7, 11) is 0. The summed E-state index contributed by atoms with van der Waals surface area (Å²) in [5, 5.41) is 0.315. The van der Waals surface area contributed by atoms with Crippen molar-refractivity contribution in [1.82, 2.24) is 4.90 Å². The molecule has 0 spiro atoms. The van der Waals surface area contributed by atoms with Crippen LogP contribution in [0.25, 0.3) is 0 Å². The number of amides is 1. The number of halogens is 2. The molecule has 3 aliphatic rings. The molecular weight excluding hydrogens is 389 g/mol. The van der Waals surface area contributed by atoms with E-state index >= 15 is 0 Å². The number of carbonyl (C=O) groups is 1. The summed E-state index contributed by atoms with van der Waals surface area (Å²) in [6, 6.07) is 2.88. The van der Waals surface area contributed by atoms with Gasteiger partial charge in [0.2, 0.25) is 0 Å². The highest BCUT2D eigenvalue weighted by Crippen LogP contribution is 2.50. The molecule has 0 radical (unpaired) electrons. The van der Waals surface area contributed by atoms with E-state index < -0.39 is 5.82 Å². The van der Waals surface area contributed by atoms with Crippen LogP contribution in [0.2, 0.25) is 5.02 Å². The van der Waals surface area contributed by atoms with Gasteiger partial charge in [-0.2, -0.15) is 0 Å². The molecule has 1 aliphatic heterocycles. The van der Waals surface area contributed by atoms with Crippen LogP contribution in [0.15, 0.2) is 12.1 Å². The van der Waals surface area contributed by atoms with E-state index in [0.717, 1.165) is 43.4 Å².